The van der Waals surface area contributed by atoms with E-state index >= 15 is 0 Å². The highest BCUT2D eigenvalue weighted by molar-refractivity contribution is 5.94. The average molecular weight is 488 g/mol. The summed E-state index contributed by atoms with van der Waals surface area (Å²) in [6.45, 7) is 7.02. The average Bonchev–Trinajstić information content (AvgIpc) is 3.35. The van der Waals surface area contributed by atoms with Crippen LogP contribution in [0.2, 0.25) is 0 Å². The molecule has 0 aromatic rings. The first-order chi connectivity index (χ1) is 15.7. The Morgan fingerprint density at radius 3 is 2.32 bits per heavy atom. The van der Waals surface area contributed by atoms with Crippen LogP contribution in [0.4, 0.5) is 13.2 Å². The Labute approximate surface area is 196 Å². The van der Waals surface area contributed by atoms with E-state index < -0.39 is 53.4 Å². The number of halogens is 3. The van der Waals surface area contributed by atoms with Gasteiger partial charge in [0.05, 0.1) is 6.07 Å². The Bertz CT molecular complexity index is 849. The Morgan fingerprint density at radius 1 is 1.21 bits per heavy atom. The minimum atomic E-state index is -5.16. The molecule has 3 N–H and O–H groups in total. The van der Waals surface area contributed by atoms with E-state index in [0.717, 1.165) is 0 Å². The van der Waals surface area contributed by atoms with Gasteiger partial charge >= 0.3 is 12.1 Å². The quantitative estimate of drug-likeness (QED) is 0.497. The molecule has 2 aliphatic rings. The van der Waals surface area contributed by atoms with Gasteiger partial charge in [0.1, 0.15) is 18.1 Å². The molecule has 2 rings (SSSR count). The van der Waals surface area contributed by atoms with Crippen molar-refractivity contribution in [3.05, 3.63) is 0 Å². The number of nitriles is 1. The van der Waals surface area contributed by atoms with E-state index in [1.165, 1.54) is 25.7 Å². The summed E-state index contributed by atoms with van der Waals surface area (Å²) >= 11 is 0. The lowest BCUT2D eigenvalue weighted by Gasteiger charge is -2.36. The van der Waals surface area contributed by atoms with Crippen LogP contribution in [-0.4, -0.2) is 65.9 Å². The van der Waals surface area contributed by atoms with Crippen molar-refractivity contribution in [1.82, 2.24) is 20.9 Å². The summed E-state index contributed by atoms with van der Waals surface area (Å²) in [5, 5.41) is 16.6. The van der Waals surface area contributed by atoms with E-state index in [2.05, 4.69) is 10.6 Å². The summed E-state index contributed by atoms with van der Waals surface area (Å²) in [4.78, 5) is 51.2. The minimum absolute atomic E-state index is 0.123. The monoisotopic (exact) mass is 487 g/mol. The summed E-state index contributed by atoms with van der Waals surface area (Å²) in [6.07, 6.45) is -3.52. The van der Waals surface area contributed by atoms with Gasteiger partial charge in [-0.25, -0.2) is 0 Å². The lowest BCUT2D eigenvalue weighted by atomic mass is 9.85. The van der Waals surface area contributed by atoms with Crippen molar-refractivity contribution < 1.29 is 32.3 Å². The van der Waals surface area contributed by atoms with Crippen molar-refractivity contribution in [2.75, 3.05) is 13.1 Å². The van der Waals surface area contributed by atoms with E-state index in [1.54, 1.807) is 5.32 Å². The van der Waals surface area contributed by atoms with Crippen LogP contribution >= 0.6 is 0 Å². The second-order valence-electron chi connectivity index (χ2n) is 9.91. The summed E-state index contributed by atoms with van der Waals surface area (Å²) in [5.41, 5.74) is -1.06. The smallest absolute Gasteiger partial charge is 0.356 e. The molecule has 2 heterocycles. The SMILES string of the molecule is CC[C@@H]1CCN(C(=O)C(NC(=O)C(F)(F)F)C(C)(C)C)[C@@H]1C(=O)NC(C#N)C[C@@H]1CCNC1=O. The van der Waals surface area contributed by atoms with Gasteiger partial charge in [0.2, 0.25) is 17.7 Å². The molecule has 0 saturated carbocycles. The maximum atomic E-state index is 13.4. The molecule has 0 aromatic carbocycles. The van der Waals surface area contributed by atoms with Crippen LogP contribution in [0.5, 0.6) is 0 Å². The third kappa shape index (κ3) is 6.39. The molecular formula is C22H32F3N5O4. The van der Waals surface area contributed by atoms with Gasteiger partial charge in [0.15, 0.2) is 0 Å². The number of amides is 4. The van der Waals surface area contributed by atoms with Crippen LogP contribution in [0.25, 0.3) is 0 Å². The molecule has 190 valence electrons. The third-order valence-corrected chi connectivity index (χ3v) is 6.40. The van der Waals surface area contributed by atoms with Gasteiger partial charge in [-0.15, -0.1) is 0 Å². The Morgan fingerprint density at radius 2 is 1.85 bits per heavy atom. The lowest BCUT2D eigenvalue weighted by molar-refractivity contribution is -0.176. The van der Waals surface area contributed by atoms with Crippen LogP contribution in [0.15, 0.2) is 0 Å². The number of carbonyl (C=O) groups is 4. The number of carbonyl (C=O) groups excluding carboxylic acids is 4. The normalized spacial score (nSPS) is 24.7. The fraction of sp³-hybridized carbons (Fsp3) is 0.773. The van der Waals surface area contributed by atoms with Gasteiger partial charge in [-0.2, -0.15) is 18.4 Å². The zero-order chi connectivity index (χ0) is 25.8. The molecule has 0 radical (unpaired) electrons. The van der Waals surface area contributed by atoms with Crippen molar-refractivity contribution in [2.24, 2.45) is 17.3 Å². The van der Waals surface area contributed by atoms with E-state index in [-0.39, 0.29) is 24.8 Å². The first-order valence-corrected chi connectivity index (χ1v) is 11.4. The molecule has 0 spiro atoms. The van der Waals surface area contributed by atoms with E-state index in [4.69, 9.17) is 0 Å². The topological polar surface area (TPSA) is 131 Å². The van der Waals surface area contributed by atoms with Crippen molar-refractivity contribution in [3.8, 4) is 6.07 Å². The maximum Gasteiger partial charge on any atom is 0.471 e. The van der Waals surface area contributed by atoms with Crippen molar-refractivity contribution in [3.63, 3.8) is 0 Å². The molecule has 2 unspecified atom stereocenters. The Kier molecular flexibility index (Phi) is 8.55. The lowest BCUT2D eigenvalue weighted by Crippen LogP contribution is -2.60. The van der Waals surface area contributed by atoms with Crippen LogP contribution in [0.3, 0.4) is 0 Å². The summed E-state index contributed by atoms with van der Waals surface area (Å²) in [6, 6.07) is -1.50. The van der Waals surface area contributed by atoms with Crippen molar-refractivity contribution in [1.29, 1.82) is 5.26 Å². The molecule has 5 atom stereocenters. The van der Waals surface area contributed by atoms with Gasteiger partial charge in [0, 0.05) is 19.0 Å². The van der Waals surface area contributed by atoms with Crippen molar-refractivity contribution in [2.45, 2.75) is 77.7 Å². The third-order valence-electron chi connectivity index (χ3n) is 6.40. The van der Waals surface area contributed by atoms with Gasteiger partial charge in [-0.1, -0.05) is 34.1 Å². The second-order valence-corrected chi connectivity index (χ2v) is 9.91. The molecule has 2 fully saturated rings. The summed E-state index contributed by atoms with van der Waals surface area (Å²) in [5.74, 6) is -4.48. The molecule has 0 bridgehead atoms. The van der Waals surface area contributed by atoms with Gasteiger partial charge in [0.25, 0.3) is 0 Å². The number of nitrogens with one attached hydrogen (secondary N) is 3. The van der Waals surface area contributed by atoms with E-state index in [1.807, 2.05) is 13.0 Å². The molecule has 12 heteroatoms. The second kappa shape index (κ2) is 10.6. The standard InChI is InChI=1S/C22H32F3N5O4/c1-5-12-7-9-30(19(33)16(21(2,3)4)29-20(34)22(23,24)25)15(12)18(32)28-14(11-26)10-13-6-8-27-17(13)31/h12-16H,5-10H2,1-4H3,(H,27,31)(H,28,32)(H,29,34)/t12-,13+,14?,15+,16?/m1/s1. The molecule has 0 aromatic heterocycles. The molecule has 2 saturated heterocycles. The molecule has 34 heavy (non-hydrogen) atoms. The first kappa shape index (κ1) is 27.4. The van der Waals surface area contributed by atoms with Crippen LogP contribution in [0.1, 0.15) is 53.4 Å². The van der Waals surface area contributed by atoms with E-state index in [0.29, 0.717) is 25.8 Å². The first-order valence-electron chi connectivity index (χ1n) is 11.4. The maximum absolute atomic E-state index is 13.4. The molecule has 4 amide bonds. The highest BCUT2D eigenvalue weighted by atomic mass is 19.4. The van der Waals surface area contributed by atoms with Gasteiger partial charge < -0.3 is 20.9 Å². The number of likely N-dealkylation sites (tertiary alicyclic amines) is 1. The highest BCUT2D eigenvalue weighted by Gasteiger charge is 2.48. The molecule has 0 aliphatic carbocycles. The zero-order valence-corrected chi connectivity index (χ0v) is 19.8. The minimum Gasteiger partial charge on any atom is -0.356 e. The predicted octanol–water partition coefficient (Wildman–Crippen LogP) is 1.24. The number of alkyl halides is 3. The molecular weight excluding hydrogens is 455 g/mol. The number of hydrogen-bond donors (Lipinski definition) is 3. The largest absolute Gasteiger partial charge is 0.471 e. The van der Waals surface area contributed by atoms with Crippen molar-refractivity contribution >= 4 is 23.6 Å². The number of rotatable bonds is 7. The number of hydrogen-bond acceptors (Lipinski definition) is 5. The predicted molar refractivity (Wildman–Crippen MR) is 115 cm³/mol. The fourth-order valence-corrected chi connectivity index (χ4v) is 4.47. The van der Waals surface area contributed by atoms with E-state index in [9.17, 15) is 37.6 Å². The van der Waals surface area contributed by atoms with Gasteiger partial charge in [-0.05, 0) is 30.6 Å². The van der Waals surface area contributed by atoms with Gasteiger partial charge in [-0.3, -0.25) is 19.2 Å². The number of nitrogens with zero attached hydrogens (tertiary/aromatic N) is 2. The highest BCUT2D eigenvalue weighted by Crippen LogP contribution is 2.31. The summed E-state index contributed by atoms with van der Waals surface area (Å²) in [7, 11) is 0. The van der Waals surface area contributed by atoms with Crippen LogP contribution < -0.4 is 16.0 Å². The Balaban J connectivity index is 2.23. The Hall–Kier alpha value is -2.84. The zero-order valence-electron chi connectivity index (χ0n) is 19.8. The molecule has 2 aliphatic heterocycles. The van der Waals surface area contributed by atoms with Crippen LogP contribution in [0, 0.1) is 28.6 Å². The van der Waals surface area contributed by atoms with Crippen LogP contribution in [-0.2, 0) is 19.2 Å². The summed E-state index contributed by atoms with van der Waals surface area (Å²) < 4.78 is 38.6. The molecule has 9 nitrogen and oxygen atoms in total. The fourth-order valence-electron chi connectivity index (χ4n) is 4.47.